The molecule has 0 aromatic heterocycles. The van der Waals surface area contributed by atoms with E-state index in [-0.39, 0.29) is 0 Å². The highest BCUT2D eigenvalue weighted by Crippen LogP contribution is 2.32. The van der Waals surface area contributed by atoms with Crippen molar-refractivity contribution >= 4 is 0 Å². The Labute approximate surface area is 75.3 Å². The van der Waals surface area contributed by atoms with Gasteiger partial charge in [0.25, 0.3) is 0 Å². The van der Waals surface area contributed by atoms with E-state index in [0.717, 1.165) is 0 Å². The Balaban J connectivity index is 1.86. The molecule has 0 aliphatic carbocycles. The largest absolute Gasteiger partial charge is 0.313 e. The number of rotatable bonds is 3. The van der Waals surface area contributed by atoms with E-state index in [0.29, 0.717) is 5.54 Å². The number of nitrogens with one attached hydrogen (secondary N) is 1. The van der Waals surface area contributed by atoms with Crippen LogP contribution < -0.4 is 5.32 Å². The smallest absolute Gasteiger partial charge is 0.0458 e. The lowest BCUT2D eigenvalue weighted by atomic mass is 9.89. The number of unbranched alkanes of at least 4 members (excludes halogenated alkanes) is 1. The standard InChI is InChI=1S/C10H20N2/c1-2-3-6-12-7-4-5-10(12)8-11-9-10/h11H,2-9H2,1H3. The zero-order valence-electron chi connectivity index (χ0n) is 8.10. The number of likely N-dealkylation sites (tertiary alicyclic amines) is 1. The van der Waals surface area contributed by atoms with E-state index in [1.54, 1.807) is 0 Å². The molecule has 0 saturated carbocycles. The van der Waals surface area contributed by atoms with Crippen LogP contribution in [-0.4, -0.2) is 36.6 Å². The predicted octanol–water partition coefficient (Wildman–Crippen LogP) is 1.22. The molecule has 1 spiro atoms. The van der Waals surface area contributed by atoms with E-state index >= 15 is 0 Å². The molecule has 2 aliphatic heterocycles. The van der Waals surface area contributed by atoms with Crippen molar-refractivity contribution in [3.05, 3.63) is 0 Å². The Morgan fingerprint density at radius 1 is 1.42 bits per heavy atom. The molecular weight excluding hydrogens is 148 g/mol. The third-order valence-electron chi connectivity index (χ3n) is 3.43. The van der Waals surface area contributed by atoms with Crippen LogP contribution in [0.25, 0.3) is 0 Å². The van der Waals surface area contributed by atoms with Crippen molar-refractivity contribution in [3.63, 3.8) is 0 Å². The van der Waals surface area contributed by atoms with Gasteiger partial charge in [0.15, 0.2) is 0 Å². The Morgan fingerprint density at radius 3 is 2.83 bits per heavy atom. The SMILES string of the molecule is CCCCN1CCCC12CNC2. The molecule has 2 heterocycles. The lowest BCUT2D eigenvalue weighted by Crippen LogP contribution is -2.66. The lowest BCUT2D eigenvalue weighted by Gasteiger charge is -2.46. The summed E-state index contributed by atoms with van der Waals surface area (Å²) in [5.74, 6) is 0. The summed E-state index contributed by atoms with van der Waals surface area (Å²) < 4.78 is 0. The van der Waals surface area contributed by atoms with Crippen molar-refractivity contribution in [1.29, 1.82) is 0 Å². The molecule has 2 fully saturated rings. The van der Waals surface area contributed by atoms with E-state index in [1.807, 2.05) is 0 Å². The average Bonchev–Trinajstić information content (AvgIpc) is 2.42. The highest BCUT2D eigenvalue weighted by molar-refractivity contribution is 5.05. The van der Waals surface area contributed by atoms with Gasteiger partial charge in [0.2, 0.25) is 0 Å². The minimum absolute atomic E-state index is 0.606. The van der Waals surface area contributed by atoms with Gasteiger partial charge >= 0.3 is 0 Å². The molecule has 0 aromatic carbocycles. The Kier molecular flexibility index (Phi) is 2.37. The average molecular weight is 168 g/mol. The van der Waals surface area contributed by atoms with E-state index < -0.39 is 0 Å². The molecule has 2 rings (SSSR count). The third kappa shape index (κ3) is 1.27. The third-order valence-corrected chi connectivity index (χ3v) is 3.43. The second kappa shape index (κ2) is 3.35. The van der Waals surface area contributed by atoms with Gasteiger partial charge in [-0.2, -0.15) is 0 Å². The van der Waals surface area contributed by atoms with Gasteiger partial charge in [-0.3, -0.25) is 4.90 Å². The van der Waals surface area contributed by atoms with Crippen molar-refractivity contribution < 1.29 is 0 Å². The summed E-state index contributed by atoms with van der Waals surface area (Å²) in [5.41, 5.74) is 0.606. The summed E-state index contributed by atoms with van der Waals surface area (Å²) in [4.78, 5) is 2.72. The first-order valence-corrected chi connectivity index (χ1v) is 5.33. The molecule has 1 N–H and O–H groups in total. The van der Waals surface area contributed by atoms with Crippen molar-refractivity contribution in [2.24, 2.45) is 0 Å². The van der Waals surface area contributed by atoms with Crippen molar-refractivity contribution in [2.45, 2.75) is 38.1 Å². The van der Waals surface area contributed by atoms with Gasteiger partial charge in [0.05, 0.1) is 0 Å². The highest BCUT2D eigenvalue weighted by atomic mass is 15.3. The monoisotopic (exact) mass is 168 g/mol. The minimum atomic E-state index is 0.606. The molecule has 2 aliphatic rings. The van der Waals surface area contributed by atoms with Crippen LogP contribution in [0.3, 0.4) is 0 Å². The van der Waals surface area contributed by atoms with Gasteiger partial charge in [-0.25, -0.2) is 0 Å². The molecule has 2 heteroatoms. The molecule has 0 aromatic rings. The maximum Gasteiger partial charge on any atom is 0.0458 e. The Morgan fingerprint density at radius 2 is 2.25 bits per heavy atom. The Bertz CT molecular complexity index is 152. The Hall–Kier alpha value is -0.0800. The maximum atomic E-state index is 3.41. The second-order valence-electron chi connectivity index (χ2n) is 4.27. The molecule has 0 atom stereocenters. The predicted molar refractivity (Wildman–Crippen MR) is 51.3 cm³/mol. The van der Waals surface area contributed by atoms with E-state index in [4.69, 9.17) is 0 Å². The fraction of sp³-hybridized carbons (Fsp3) is 1.00. The maximum absolute atomic E-state index is 3.41. The van der Waals surface area contributed by atoms with Gasteiger partial charge in [0.1, 0.15) is 0 Å². The first kappa shape index (κ1) is 8.52. The first-order valence-electron chi connectivity index (χ1n) is 5.33. The van der Waals surface area contributed by atoms with Gasteiger partial charge in [-0.15, -0.1) is 0 Å². The number of hydrogen-bond donors (Lipinski definition) is 1. The van der Waals surface area contributed by atoms with Gasteiger partial charge in [-0.05, 0) is 32.4 Å². The summed E-state index contributed by atoms with van der Waals surface area (Å²) in [6, 6.07) is 0. The molecular formula is C10H20N2. The van der Waals surface area contributed by atoms with Crippen molar-refractivity contribution in [1.82, 2.24) is 10.2 Å². The van der Waals surface area contributed by atoms with E-state index in [1.165, 1.54) is 51.9 Å². The quantitative estimate of drug-likeness (QED) is 0.681. The van der Waals surface area contributed by atoms with Crippen LogP contribution >= 0.6 is 0 Å². The topological polar surface area (TPSA) is 15.3 Å². The van der Waals surface area contributed by atoms with Gasteiger partial charge in [0, 0.05) is 18.6 Å². The zero-order chi connectivity index (χ0) is 8.44. The van der Waals surface area contributed by atoms with Crippen molar-refractivity contribution in [3.8, 4) is 0 Å². The fourth-order valence-corrected chi connectivity index (χ4v) is 2.51. The number of hydrogen-bond acceptors (Lipinski definition) is 2. The highest BCUT2D eigenvalue weighted by Gasteiger charge is 2.44. The molecule has 0 bridgehead atoms. The first-order chi connectivity index (χ1) is 5.87. The summed E-state index contributed by atoms with van der Waals surface area (Å²) in [7, 11) is 0. The van der Waals surface area contributed by atoms with Crippen LogP contribution in [0.15, 0.2) is 0 Å². The van der Waals surface area contributed by atoms with Crippen LogP contribution in [0, 0.1) is 0 Å². The summed E-state index contributed by atoms with van der Waals surface area (Å²) in [6.45, 7) is 7.45. The molecule has 0 amide bonds. The van der Waals surface area contributed by atoms with Crippen LogP contribution in [-0.2, 0) is 0 Å². The zero-order valence-corrected chi connectivity index (χ0v) is 8.10. The van der Waals surface area contributed by atoms with Crippen LogP contribution in [0.1, 0.15) is 32.6 Å². The van der Waals surface area contributed by atoms with Gasteiger partial charge < -0.3 is 5.32 Å². The van der Waals surface area contributed by atoms with Crippen LogP contribution in [0.2, 0.25) is 0 Å². The van der Waals surface area contributed by atoms with E-state index in [2.05, 4.69) is 17.1 Å². The lowest BCUT2D eigenvalue weighted by molar-refractivity contribution is 0.0781. The molecule has 0 radical (unpaired) electrons. The molecule has 70 valence electrons. The molecule has 0 unspecified atom stereocenters. The van der Waals surface area contributed by atoms with Crippen LogP contribution in [0.5, 0.6) is 0 Å². The normalized spacial score (nSPS) is 27.8. The minimum Gasteiger partial charge on any atom is -0.313 e. The fourth-order valence-electron chi connectivity index (χ4n) is 2.51. The molecule has 2 saturated heterocycles. The summed E-state index contributed by atoms with van der Waals surface area (Å²) in [6.07, 6.45) is 5.57. The van der Waals surface area contributed by atoms with Crippen LogP contribution in [0.4, 0.5) is 0 Å². The van der Waals surface area contributed by atoms with Crippen molar-refractivity contribution in [2.75, 3.05) is 26.2 Å². The second-order valence-corrected chi connectivity index (χ2v) is 4.27. The van der Waals surface area contributed by atoms with Gasteiger partial charge in [-0.1, -0.05) is 13.3 Å². The summed E-state index contributed by atoms with van der Waals surface area (Å²) >= 11 is 0. The molecule has 12 heavy (non-hydrogen) atoms. The van der Waals surface area contributed by atoms with E-state index in [9.17, 15) is 0 Å². The summed E-state index contributed by atoms with van der Waals surface area (Å²) in [5, 5.41) is 3.41. The molecule has 2 nitrogen and oxygen atoms in total. The number of nitrogens with zero attached hydrogens (tertiary/aromatic N) is 1.